The van der Waals surface area contributed by atoms with Crippen molar-refractivity contribution in [1.29, 1.82) is 0 Å². The molecule has 0 aliphatic carbocycles. The molecule has 8 heteroatoms. The van der Waals surface area contributed by atoms with Crippen LogP contribution in [0.4, 0.5) is 11.4 Å². The molecule has 0 saturated carbocycles. The first-order chi connectivity index (χ1) is 15.4. The van der Waals surface area contributed by atoms with Gasteiger partial charge in [-0.15, -0.1) is 0 Å². The largest absolute Gasteiger partial charge is 0.495 e. The van der Waals surface area contributed by atoms with Gasteiger partial charge in [0.1, 0.15) is 5.75 Å². The van der Waals surface area contributed by atoms with E-state index in [2.05, 4.69) is 10.3 Å². The zero-order chi connectivity index (χ0) is 23.0. The number of nitrogens with one attached hydrogen (secondary N) is 1. The van der Waals surface area contributed by atoms with Crippen molar-refractivity contribution in [2.75, 3.05) is 29.5 Å². The molecule has 0 bridgehead atoms. The number of hydrogen-bond acceptors (Lipinski definition) is 5. The van der Waals surface area contributed by atoms with E-state index < -0.39 is 10.0 Å². The van der Waals surface area contributed by atoms with Crippen LogP contribution in [0.15, 0.2) is 73.1 Å². The van der Waals surface area contributed by atoms with Gasteiger partial charge in [0.25, 0.3) is 0 Å². The van der Waals surface area contributed by atoms with Crippen molar-refractivity contribution in [1.82, 2.24) is 4.98 Å². The van der Waals surface area contributed by atoms with E-state index in [4.69, 9.17) is 4.74 Å². The summed E-state index contributed by atoms with van der Waals surface area (Å²) in [6, 6.07) is 18.6. The third-order valence-corrected chi connectivity index (χ3v) is 6.09. The fourth-order valence-electron chi connectivity index (χ4n) is 3.35. The highest BCUT2D eigenvalue weighted by Gasteiger charge is 2.20. The quantitative estimate of drug-likeness (QED) is 0.503. The minimum absolute atomic E-state index is 0.166. The second-order valence-corrected chi connectivity index (χ2v) is 9.29. The van der Waals surface area contributed by atoms with E-state index in [0.29, 0.717) is 23.5 Å². The molecule has 1 amide bonds. The number of aromatic nitrogens is 1. The first-order valence-electron chi connectivity index (χ1n) is 10.3. The van der Waals surface area contributed by atoms with E-state index in [1.54, 1.807) is 36.7 Å². The van der Waals surface area contributed by atoms with Gasteiger partial charge in [0.05, 0.1) is 19.1 Å². The Labute approximate surface area is 189 Å². The van der Waals surface area contributed by atoms with Gasteiger partial charge in [-0.25, -0.2) is 8.42 Å². The van der Waals surface area contributed by atoms with Crippen molar-refractivity contribution in [3.8, 4) is 5.75 Å². The molecular weight excluding hydrogens is 426 g/mol. The van der Waals surface area contributed by atoms with E-state index in [9.17, 15) is 13.2 Å². The molecule has 1 aromatic heterocycles. The topological polar surface area (TPSA) is 88.6 Å². The fourth-order valence-corrected chi connectivity index (χ4v) is 4.32. The van der Waals surface area contributed by atoms with Gasteiger partial charge >= 0.3 is 0 Å². The summed E-state index contributed by atoms with van der Waals surface area (Å²) in [5, 5.41) is 2.87. The fraction of sp³-hybridized carbons (Fsp3) is 0.250. The molecule has 168 valence electrons. The minimum atomic E-state index is -3.52. The number of nitrogens with zero attached hydrogens (tertiary/aromatic N) is 2. The monoisotopic (exact) mass is 453 g/mol. The van der Waals surface area contributed by atoms with Gasteiger partial charge in [0.15, 0.2) is 0 Å². The molecule has 0 atom stereocenters. The lowest BCUT2D eigenvalue weighted by atomic mass is 10.1. The number of sulfonamides is 1. The molecular formula is C24H27N3O4S. The first kappa shape index (κ1) is 23.3. The van der Waals surface area contributed by atoms with E-state index in [1.807, 2.05) is 36.4 Å². The van der Waals surface area contributed by atoms with Gasteiger partial charge in [-0.1, -0.05) is 24.3 Å². The molecule has 0 unspecified atom stereocenters. The number of para-hydroxylation sites is 2. The summed E-state index contributed by atoms with van der Waals surface area (Å²) < 4.78 is 31.1. The number of ether oxygens (including phenoxy) is 1. The van der Waals surface area contributed by atoms with Crippen LogP contribution in [0.25, 0.3) is 0 Å². The van der Waals surface area contributed by atoms with Gasteiger partial charge in [0, 0.05) is 31.0 Å². The van der Waals surface area contributed by atoms with Crippen LogP contribution in [-0.4, -0.2) is 39.2 Å². The number of methoxy groups -OCH3 is 1. The smallest absolute Gasteiger partial charge is 0.232 e. The molecule has 1 N–H and O–H groups in total. The van der Waals surface area contributed by atoms with E-state index in [1.165, 1.54) is 17.0 Å². The van der Waals surface area contributed by atoms with Crippen LogP contribution in [0.3, 0.4) is 0 Å². The van der Waals surface area contributed by atoms with Crippen LogP contribution in [0, 0.1) is 0 Å². The van der Waals surface area contributed by atoms with E-state index >= 15 is 0 Å². The molecule has 3 rings (SSSR count). The summed E-state index contributed by atoms with van der Waals surface area (Å²) >= 11 is 0. The Kier molecular flexibility index (Phi) is 7.83. The second kappa shape index (κ2) is 10.8. The lowest BCUT2D eigenvalue weighted by molar-refractivity contribution is -0.116. The maximum Gasteiger partial charge on any atom is 0.232 e. The number of carbonyl (C=O) groups excluding carboxylic acids is 1. The summed E-state index contributed by atoms with van der Waals surface area (Å²) in [5.74, 6) is 0.301. The van der Waals surface area contributed by atoms with Crippen LogP contribution in [0.2, 0.25) is 0 Å². The highest BCUT2D eigenvalue weighted by Crippen LogP contribution is 2.29. The average molecular weight is 454 g/mol. The summed E-state index contributed by atoms with van der Waals surface area (Å²) in [4.78, 5) is 16.4. The predicted molar refractivity (Wildman–Crippen MR) is 127 cm³/mol. The molecule has 0 spiro atoms. The van der Waals surface area contributed by atoms with Crippen molar-refractivity contribution in [3.05, 3.63) is 84.2 Å². The number of hydrogen-bond donors (Lipinski definition) is 1. The third kappa shape index (κ3) is 6.55. The Morgan fingerprint density at radius 1 is 1.00 bits per heavy atom. The Bertz CT molecular complexity index is 1130. The van der Waals surface area contributed by atoms with Gasteiger partial charge in [-0.05, 0) is 60.4 Å². The zero-order valence-electron chi connectivity index (χ0n) is 18.2. The number of benzene rings is 2. The highest BCUT2D eigenvalue weighted by molar-refractivity contribution is 7.92. The molecule has 0 saturated heterocycles. The van der Waals surface area contributed by atoms with Crippen LogP contribution in [-0.2, 0) is 21.2 Å². The summed E-state index contributed by atoms with van der Waals surface area (Å²) in [5.41, 5.74) is 3.47. The number of anilines is 2. The number of amides is 1. The molecule has 1 heterocycles. The van der Waals surface area contributed by atoms with Crippen molar-refractivity contribution < 1.29 is 17.9 Å². The Balaban J connectivity index is 1.54. The van der Waals surface area contributed by atoms with Crippen molar-refractivity contribution in [3.63, 3.8) is 0 Å². The molecule has 0 fully saturated rings. The molecule has 0 aliphatic heterocycles. The SMILES string of the molecule is COc1ccccc1N(CCCC(=O)Nc1ccc(Cc2ccncc2)cc1)S(C)(=O)=O. The Morgan fingerprint density at radius 2 is 1.66 bits per heavy atom. The number of pyridine rings is 1. The summed E-state index contributed by atoms with van der Waals surface area (Å²) in [6.45, 7) is 0.178. The maximum atomic E-state index is 12.4. The molecule has 2 aromatic carbocycles. The minimum Gasteiger partial charge on any atom is -0.495 e. The predicted octanol–water partition coefficient (Wildman–Crippen LogP) is 3.87. The molecule has 0 aliphatic rings. The number of carbonyl (C=O) groups is 1. The Morgan fingerprint density at radius 3 is 2.31 bits per heavy atom. The zero-order valence-corrected chi connectivity index (χ0v) is 19.0. The van der Waals surface area contributed by atoms with Crippen molar-refractivity contribution in [2.45, 2.75) is 19.3 Å². The molecule has 0 radical (unpaired) electrons. The van der Waals surface area contributed by atoms with E-state index in [0.717, 1.165) is 18.2 Å². The van der Waals surface area contributed by atoms with Gasteiger partial charge in [-0.3, -0.25) is 14.1 Å². The van der Waals surface area contributed by atoms with Gasteiger partial charge in [0.2, 0.25) is 15.9 Å². The Hall–Kier alpha value is -3.39. The first-order valence-corrected chi connectivity index (χ1v) is 12.1. The van der Waals surface area contributed by atoms with Crippen LogP contribution < -0.4 is 14.4 Å². The maximum absolute atomic E-state index is 12.4. The van der Waals surface area contributed by atoms with Crippen LogP contribution in [0.1, 0.15) is 24.0 Å². The van der Waals surface area contributed by atoms with Crippen LogP contribution >= 0.6 is 0 Å². The second-order valence-electron chi connectivity index (χ2n) is 7.39. The lowest BCUT2D eigenvalue weighted by Gasteiger charge is -2.24. The summed E-state index contributed by atoms with van der Waals surface area (Å²) in [7, 11) is -2.03. The molecule has 32 heavy (non-hydrogen) atoms. The average Bonchev–Trinajstić information content (AvgIpc) is 2.78. The standard InChI is InChI=1S/C24H27N3O4S/c1-31-23-7-4-3-6-22(23)27(32(2,29)30)17-5-8-24(28)26-21-11-9-19(10-12-21)18-20-13-15-25-16-14-20/h3-4,6-7,9-16H,5,8,17-18H2,1-2H3,(H,26,28). The van der Waals surface area contributed by atoms with Crippen LogP contribution in [0.5, 0.6) is 5.75 Å². The van der Waals surface area contributed by atoms with Crippen molar-refractivity contribution in [2.24, 2.45) is 0 Å². The lowest BCUT2D eigenvalue weighted by Crippen LogP contribution is -2.31. The van der Waals surface area contributed by atoms with E-state index in [-0.39, 0.29) is 18.9 Å². The third-order valence-electron chi connectivity index (χ3n) is 4.91. The molecule has 3 aromatic rings. The molecule has 7 nitrogen and oxygen atoms in total. The van der Waals surface area contributed by atoms with Gasteiger partial charge < -0.3 is 10.1 Å². The summed E-state index contributed by atoms with van der Waals surface area (Å²) in [6.07, 6.45) is 6.04. The number of rotatable bonds is 10. The van der Waals surface area contributed by atoms with Gasteiger partial charge in [-0.2, -0.15) is 0 Å². The van der Waals surface area contributed by atoms with Crippen molar-refractivity contribution >= 4 is 27.3 Å². The highest BCUT2D eigenvalue weighted by atomic mass is 32.2. The normalized spacial score (nSPS) is 11.1.